The fraction of sp³-hybridized carbons (Fsp3) is 0.800. The highest BCUT2D eigenvalue weighted by molar-refractivity contribution is 7.98. The smallest absolute Gasteiger partial charge is 0.305 e. The molecule has 88 valence electrons. The quantitative estimate of drug-likeness (QED) is 0.472. The maximum atomic E-state index is 11.1. The zero-order valence-corrected chi connectivity index (χ0v) is 10.1. The fourth-order valence-electron chi connectivity index (χ4n) is 0.952. The second-order valence-electron chi connectivity index (χ2n) is 3.00. The van der Waals surface area contributed by atoms with Crippen molar-refractivity contribution in [3.05, 3.63) is 0 Å². The van der Waals surface area contributed by atoms with Gasteiger partial charge in [-0.25, -0.2) is 0 Å². The summed E-state index contributed by atoms with van der Waals surface area (Å²) < 4.78 is 9.42. The van der Waals surface area contributed by atoms with Crippen molar-refractivity contribution in [2.75, 3.05) is 25.7 Å². The molecule has 0 aliphatic carbocycles. The molecule has 0 atom stereocenters. The van der Waals surface area contributed by atoms with Crippen molar-refractivity contribution in [3.8, 4) is 0 Å². The summed E-state index contributed by atoms with van der Waals surface area (Å²) in [5, 5.41) is 0. The largest absolute Gasteiger partial charge is 0.469 e. The van der Waals surface area contributed by atoms with Crippen LogP contribution in [0.3, 0.4) is 0 Å². The zero-order valence-electron chi connectivity index (χ0n) is 9.28. The van der Waals surface area contributed by atoms with E-state index in [0.717, 1.165) is 5.75 Å². The predicted octanol–water partition coefficient (Wildman–Crippen LogP) is 1.63. The van der Waals surface area contributed by atoms with E-state index >= 15 is 0 Å². The van der Waals surface area contributed by atoms with Gasteiger partial charge in [0.25, 0.3) is 0 Å². The minimum Gasteiger partial charge on any atom is -0.469 e. The number of esters is 2. The lowest BCUT2D eigenvalue weighted by atomic mass is 10.2. The summed E-state index contributed by atoms with van der Waals surface area (Å²) in [6.07, 6.45) is 4.06. The molecule has 0 fully saturated rings. The minimum absolute atomic E-state index is 0.186. The van der Waals surface area contributed by atoms with Crippen LogP contribution in [0.1, 0.15) is 25.7 Å². The number of hydrogen-bond acceptors (Lipinski definition) is 5. The van der Waals surface area contributed by atoms with Crippen molar-refractivity contribution in [1.82, 2.24) is 0 Å². The van der Waals surface area contributed by atoms with Gasteiger partial charge in [0.1, 0.15) is 6.61 Å². The maximum absolute atomic E-state index is 11.1. The zero-order chi connectivity index (χ0) is 11.5. The van der Waals surface area contributed by atoms with Crippen molar-refractivity contribution in [2.24, 2.45) is 0 Å². The van der Waals surface area contributed by atoms with Gasteiger partial charge in [0, 0.05) is 18.6 Å². The van der Waals surface area contributed by atoms with E-state index in [1.165, 1.54) is 7.11 Å². The summed E-state index contributed by atoms with van der Waals surface area (Å²) in [5.74, 6) is 0.410. The number of rotatable bonds is 8. The number of carbonyl (C=O) groups is 2. The third kappa shape index (κ3) is 9.59. The van der Waals surface area contributed by atoms with Crippen LogP contribution >= 0.6 is 11.8 Å². The molecule has 0 spiro atoms. The molecule has 0 rings (SSSR count). The molecule has 4 nitrogen and oxygen atoms in total. The standard InChI is InChI=1S/C10H18O4S/c1-13-9(11)5-3-4-6-10(12)14-7-8-15-2/h3-8H2,1-2H3. The fourth-order valence-corrected chi connectivity index (χ4v) is 1.20. The molecule has 0 saturated heterocycles. The number of ether oxygens (including phenoxy) is 2. The third-order valence-electron chi connectivity index (χ3n) is 1.79. The van der Waals surface area contributed by atoms with E-state index in [9.17, 15) is 9.59 Å². The Kier molecular flexibility index (Phi) is 9.36. The number of unbranched alkanes of at least 4 members (excludes halogenated alkanes) is 1. The van der Waals surface area contributed by atoms with Gasteiger partial charge in [-0.1, -0.05) is 0 Å². The van der Waals surface area contributed by atoms with Crippen molar-refractivity contribution in [1.29, 1.82) is 0 Å². The van der Waals surface area contributed by atoms with Gasteiger partial charge in [0.15, 0.2) is 0 Å². The van der Waals surface area contributed by atoms with E-state index in [4.69, 9.17) is 4.74 Å². The highest BCUT2D eigenvalue weighted by Crippen LogP contribution is 2.02. The van der Waals surface area contributed by atoms with Gasteiger partial charge in [-0.2, -0.15) is 11.8 Å². The van der Waals surface area contributed by atoms with Gasteiger partial charge in [-0.15, -0.1) is 0 Å². The maximum Gasteiger partial charge on any atom is 0.305 e. The Morgan fingerprint density at radius 1 is 1.13 bits per heavy atom. The van der Waals surface area contributed by atoms with Gasteiger partial charge in [-0.05, 0) is 19.1 Å². The summed E-state index contributed by atoms with van der Waals surface area (Å²) in [5.41, 5.74) is 0. The van der Waals surface area contributed by atoms with Crippen LogP contribution in [-0.4, -0.2) is 37.7 Å². The summed E-state index contributed by atoms with van der Waals surface area (Å²) in [6, 6.07) is 0. The van der Waals surface area contributed by atoms with Crippen LogP contribution in [0.15, 0.2) is 0 Å². The molecule has 0 bridgehead atoms. The Bertz CT molecular complexity index is 194. The third-order valence-corrected chi connectivity index (χ3v) is 2.36. The molecule has 0 amide bonds. The summed E-state index contributed by atoms with van der Waals surface area (Å²) in [7, 11) is 1.36. The first-order valence-electron chi connectivity index (χ1n) is 4.92. The van der Waals surface area contributed by atoms with Gasteiger partial charge in [-0.3, -0.25) is 9.59 Å². The molecule has 0 aliphatic rings. The monoisotopic (exact) mass is 234 g/mol. The van der Waals surface area contributed by atoms with E-state index < -0.39 is 0 Å². The lowest BCUT2D eigenvalue weighted by Gasteiger charge is -2.03. The Balaban J connectivity index is 3.27. The van der Waals surface area contributed by atoms with E-state index in [-0.39, 0.29) is 11.9 Å². The molecular formula is C10H18O4S. The van der Waals surface area contributed by atoms with E-state index in [1.807, 2.05) is 6.26 Å². The first-order chi connectivity index (χ1) is 7.20. The summed E-state index contributed by atoms with van der Waals surface area (Å²) in [4.78, 5) is 21.8. The number of methoxy groups -OCH3 is 1. The molecule has 0 unspecified atom stereocenters. The molecule has 15 heavy (non-hydrogen) atoms. The van der Waals surface area contributed by atoms with Crippen LogP contribution in [0.4, 0.5) is 0 Å². The lowest BCUT2D eigenvalue weighted by molar-refractivity contribution is -0.144. The van der Waals surface area contributed by atoms with E-state index in [1.54, 1.807) is 11.8 Å². The Hall–Kier alpha value is -0.710. The Labute approximate surface area is 94.7 Å². The molecule has 0 aromatic carbocycles. The molecule has 0 aromatic rings. The average Bonchev–Trinajstić information content (AvgIpc) is 2.24. The summed E-state index contributed by atoms with van der Waals surface area (Å²) in [6.45, 7) is 0.469. The van der Waals surface area contributed by atoms with E-state index in [0.29, 0.717) is 32.3 Å². The van der Waals surface area contributed by atoms with E-state index in [2.05, 4.69) is 4.74 Å². The van der Waals surface area contributed by atoms with Crippen LogP contribution in [0.5, 0.6) is 0 Å². The first-order valence-corrected chi connectivity index (χ1v) is 6.31. The van der Waals surface area contributed by atoms with Crippen molar-refractivity contribution in [2.45, 2.75) is 25.7 Å². The van der Waals surface area contributed by atoms with Gasteiger partial charge >= 0.3 is 11.9 Å². The van der Waals surface area contributed by atoms with Crippen LogP contribution < -0.4 is 0 Å². The lowest BCUT2D eigenvalue weighted by Crippen LogP contribution is -2.07. The van der Waals surface area contributed by atoms with Gasteiger partial charge in [0.2, 0.25) is 0 Å². The molecule has 0 aliphatic heterocycles. The van der Waals surface area contributed by atoms with Gasteiger partial charge < -0.3 is 9.47 Å². The normalized spacial score (nSPS) is 9.73. The highest BCUT2D eigenvalue weighted by Gasteiger charge is 2.04. The van der Waals surface area contributed by atoms with Crippen LogP contribution in [-0.2, 0) is 19.1 Å². The van der Waals surface area contributed by atoms with Crippen molar-refractivity contribution < 1.29 is 19.1 Å². The second-order valence-corrected chi connectivity index (χ2v) is 3.98. The topological polar surface area (TPSA) is 52.6 Å². The average molecular weight is 234 g/mol. The van der Waals surface area contributed by atoms with Crippen molar-refractivity contribution in [3.63, 3.8) is 0 Å². The molecule has 5 heteroatoms. The SMILES string of the molecule is COC(=O)CCCCC(=O)OCCSC. The van der Waals surface area contributed by atoms with Crippen molar-refractivity contribution >= 4 is 23.7 Å². The highest BCUT2D eigenvalue weighted by atomic mass is 32.2. The Morgan fingerprint density at radius 3 is 2.27 bits per heavy atom. The molecule has 0 radical (unpaired) electrons. The second kappa shape index (κ2) is 9.83. The molecule has 0 saturated carbocycles. The predicted molar refractivity (Wildman–Crippen MR) is 59.8 cm³/mol. The first kappa shape index (κ1) is 14.3. The molecular weight excluding hydrogens is 216 g/mol. The summed E-state index contributed by atoms with van der Waals surface area (Å²) >= 11 is 1.64. The molecule has 0 aromatic heterocycles. The number of hydrogen-bond donors (Lipinski definition) is 0. The van der Waals surface area contributed by atoms with Crippen LogP contribution in [0.2, 0.25) is 0 Å². The van der Waals surface area contributed by atoms with Gasteiger partial charge in [0.05, 0.1) is 7.11 Å². The number of thioether (sulfide) groups is 1. The van der Waals surface area contributed by atoms with Crippen LogP contribution in [0, 0.1) is 0 Å². The minimum atomic E-state index is -0.231. The number of carbonyl (C=O) groups excluding carboxylic acids is 2. The molecule has 0 N–H and O–H groups in total. The Morgan fingerprint density at radius 2 is 1.73 bits per heavy atom. The molecule has 0 heterocycles. The van der Waals surface area contributed by atoms with Crippen LogP contribution in [0.25, 0.3) is 0 Å².